The van der Waals surface area contributed by atoms with Crippen LogP contribution in [0.3, 0.4) is 0 Å². The Morgan fingerprint density at radius 1 is 0.804 bits per heavy atom. The molecule has 0 amide bonds. The average Bonchev–Trinajstić information content (AvgIpc) is 3.45. The molecule has 51 heavy (non-hydrogen) atoms. The van der Waals surface area contributed by atoms with Crippen molar-refractivity contribution in [2.24, 2.45) is 0 Å². The van der Waals surface area contributed by atoms with E-state index >= 15 is 8.78 Å². The molecule has 1 aromatic heterocycles. The highest BCUT2D eigenvalue weighted by molar-refractivity contribution is 7.90. The molecular formula is C37H18F7N3O3S. The van der Waals surface area contributed by atoms with Crippen LogP contribution in [0.1, 0.15) is 34.8 Å². The summed E-state index contributed by atoms with van der Waals surface area (Å²) < 4.78 is 132. The first-order chi connectivity index (χ1) is 24.2. The van der Waals surface area contributed by atoms with Gasteiger partial charge in [-0.1, -0.05) is 42.5 Å². The first kappa shape index (κ1) is 34.6. The van der Waals surface area contributed by atoms with E-state index in [1.807, 2.05) is 6.07 Å². The number of halogens is 7. The van der Waals surface area contributed by atoms with Crippen molar-refractivity contribution in [2.75, 3.05) is 0 Å². The van der Waals surface area contributed by atoms with Crippen LogP contribution >= 0.6 is 0 Å². The number of aromatic nitrogens is 1. The molecule has 0 unspecified atom stereocenters. The Morgan fingerprint density at radius 3 is 2.02 bits per heavy atom. The molecule has 0 fully saturated rings. The standard InChI is InChI=1S/C37H18F7N3O3S/c1-18(48)28-32(39)34(41)30(35(42)33(28)40)20-5-3-6-21(15-20)36-31(29-22(17-45)7-4-8-26(29)46-2)25-16-23(38)11-14-27(25)47(36)51(49,50)24-12-9-19(10-13-24)37(43)44/h3-16,37H,1H3. The zero-order valence-corrected chi connectivity index (χ0v) is 26.6. The maximum Gasteiger partial charge on any atom is 0.268 e. The number of hydrogen-bond acceptors (Lipinski definition) is 4. The summed E-state index contributed by atoms with van der Waals surface area (Å²) in [5, 5.41) is 9.94. The second-order valence-corrected chi connectivity index (χ2v) is 12.9. The fraction of sp³-hybridized carbons (Fsp3) is 0.0541. The summed E-state index contributed by atoms with van der Waals surface area (Å²) in [4.78, 5) is 14.7. The number of nitriles is 1. The molecular weight excluding hydrogens is 699 g/mol. The van der Waals surface area contributed by atoms with Gasteiger partial charge in [0.15, 0.2) is 34.7 Å². The molecule has 0 saturated heterocycles. The van der Waals surface area contributed by atoms with Crippen molar-refractivity contribution in [3.05, 3.63) is 142 Å². The molecule has 6 rings (SSSR count). The van der Waals surface area contributed by atoms with Gasteiger partial charge in [0.2, 0.25) is 0 Å². The van der Waals surface area contributed by atoms with Crippen LogP contribution in [-0.4, -0.2) is 18.2 Å². The van der Waals surface area contributed by atoms with E-state index in [1.165, 1.54) is 30.3 Å². The third kappa shape index (κ3) is 5.59. The van der Waals surface area contributed by atoms with E-state index in [2.05, 4.69) is 4.85 Å². The Labute approximate surface area is 285 Å². The molecule has 0 atom stereocenters. The van der Waals surface area contributed by atoms with E-state index < -0.39 is 78.5 Å². The lowest BCUT2D eigenvalue weighted by Gasteiger charge is -2.17. The smallest absolute Gasteiger partial charge is 0.268 e. The van der Waals surface area contributed by atoms with Gasteiger partial charge in [0.1, 0.15) is 5.82 Å². The molecule has 5 aromatic carbocycles. The number of carbonyl (C=O) groups is 1. The van der Waals surface area contributed by atoms with Gasteiger partial charge in [0.25, 0.3) is 16.4 Å². The first-order valence-electron chi connectivity index (χ1n) is 14.6. The van der Waals surface area contributed by atoms with Crippen molar-refractivity contribution < 1.29 is 43.9 Å². The largest absolute Gasteiger partial charge is 0.294 e. The minimum atomic E-state index is -4.87. The molecule has 0 aliphatic rings. The number of hydrogen-bond donors (Lipinski definition) is 0. The summed E-state index contributed by atoms with van der Waals surface area (Å²) in [7, 11) is -4.87. The van der Waals surface area contributed by atoms with Crippen molar-refractivity contribution in [2.45, 2.75) is 18.2 Å². The third-order valence-corrected chi connectivity index (χ3v) is 9.86. The van der Waals surface area contributed by atoms with E-state index in [1.54, 1.807) is 0 Å². The van der Waals surface area contributed by atoms with Gasteiger partial charge in [-0.15, -0.1) is 0 Å². The second-order valence-electron chi connectivity index (χ2n) is 11.1. The molecule has 254 valence electrons. The maximum atomic E-state index is 15.4. The number of alkyl halides is 2. The monoisotopic (exact) mass is 717 g/mol. The molecule has 1 heterocycles. The molecule has 0 bridgehead atoms. The van der Waals surface area contributed by atoms with Crippen LogP contribution in [-0.2, 0) is 10.0 Å². The second kappa shape index (κ2) is 12.9. The van der Waals surface area contributed by atoms with Crippen LogP contribution in [0.5, 0.6) is 0 Å². The van der Waals surface area contributed by atoms with Crippen molar-refractivity contribution >= 4 is 32.4 Å². The predicted molar refractivity (Wildman–Crippen MR) is 173 cm³/mol. The fourth-order valence-corrected chi connectivity index (χ4v) is 7.44. The number of ketones is 1. The Kier molecular flexibility index (Phi) is 8.75. The highest BCUT2D eigenvalue weighted by Crippen LogP contribution is 2.48. The Bertz CT molecular complexity index is 2580. The lowest BCUT2D eigenvalue weighted by Crippen LogP contribution is -2.14. The quantitative estimate of drug-likeness (QED) is 0.0712. The van der Waals surface area contributed by atoms with Gasteiger partial charge in [-0.2, -0.15) is 5.26 Å². The van der Waals surface area contributed by atoms with Gasteiger partial charge in [-0.05, 0) is 55.0 Å². The summed E-state index contributed by atoms with van der Waals surface area (Å²) in [6.45, 7) is 8.52. The topological polar surface area (TPSA) is 84.3 Å². The zero-order valence-electron chi connectivity index (χ0n) is 25.8. The molecule has 0 saturated carbocycles. The van der Waals surface area contributed by atoms with Crippen LogP contribution < -0.4 is 0 Å². The lowest BCUT2D eigenvalue weighted by atomic mass is 9.92. The summed E-state index contributed by atoms with van der Waals surface area (Å²) in [6.07, 6.45) is -2.93. The molecule has 0 spiro atoms. The number of Topliss-reactive ketones (excluding diaryl/α,β-unsaturated/α-hetero) is 1. The Balaban J connectivity index is 1.79. The van der Waals surface area contributed by atoms with Crippen molar-refractivity contribution in [1.29, 1.82) is 5.26 Å². The van der Waals surface area contributed by atoms with Gasteiger partial charge in [0.05, 0.1) is 39.9 Å². The molecule has 6 aromatic rings. The van der Waals surface area contributed by atoms with Crippen LogP contribution in [0.4, 0.5) is 36.4 Å². The van der Waals surface area contributed by atoms with Crippen LogP contribution in [0.2, 0.25) is 0 Å². The third-order valence-electron chi connectivity index (χ3n) is 8.13. The molecule has 0 N–H and O–H groups in total. The molecule has 0 aliphatic carbocycles. The minimum Gasteiger partial charge on any atom is -0.294 e. The normalized spacial score (nSPS) is 11.5. The van der Waals surface area contributed by atoms with Gasteiger partial charge < -0.3 is 0 Å². The van der Waals surface area contributed by atoms with Gasteiger partial charge >= 0.3 is 0 Å². The number of carbonyl (C=O) groups excluding carboxylic acids is 1. The minimum absolute atomic E-state index is 0.143. The van der Waals surface area contributed by atoms with E-state index in [0.717, 1.165) is 54.6 Å². The Morgan fingerprint density at radius 2 is 1.43 bits per heavy atom. The van der Waals surface area contributed by atoms with E-state index in [-0.39, 0.29) is 44.5 Å². The number of benzene rings is 5. The lowest BCUT2D eigenvalue weighted by molar-refractivity contribution is 0.100. The molecule has 0 radical (unpaired) electrons. The van der Waals surface area contributed by atoms with E-state index in [4.69, 9.17) is 6.57 Å². The molecule has 14 heteroatoms. The van der Waals surface area contributed by atoms with Gasteiger partial charge in [-0.25, -0.2) is 48.0 Å². The zero-order chi connectivity index (χ0) is 36.9. The summed E-state index contributed by atoms with van der Waals surface area (Å²) in [6, 6.07) is 16.9. The number of nitrogens with zero attached hydrogens (tertiary/aromatic N) is 3. The summed E-state index contributed by atoms with van der Waals surface area (Å²) in [5.41, 5.74) is -5.18. The summed E-state index contributed by atoms with van der Waals surface area (Å²) in [5.74, 6) is -9.92. The predicted octanol–water partition coefficient (Wildman–Crippen LogP) is 10.1. The SMILES string of the molecule is [C-]#[N+]c1cccc(C#N)c1-c1c(-c2cccc(-c3c(F)c(F)c(C(C)=O)c(F)c3F)c2)n(S(=O)(=O)c2ccc(C(F)F)cc2)c2ccc(F)cc12. The number of rotatable bonds is 7. The van der Waals surface area contributed by atoms with Gasteiger partial charge in [0, 0.05) is 33.2 Å². The molecule has 6 nitrogen and oxygen atoms in total. The van der Waals surface area contributed by atoms with Crippen LogP contribution in [0, 0.1) is 47.0 Å². The van der Waals surface area contributed by atoms with Crippen molar-refractivity contribution in [3.8, 4) is 39.6 Å². The van der Waals surface area contributed by atoms with Crippen LogP contribution in [0.15, 0.2) is 89.8 Å². The van der Waals surface area contributed by atoms with Gasteiger partial charge in [-0.3, -0.25) is 4.79 Å². The average molecular weight is 718 g/mol. The van der Waals surface area contributed by atoms with Crippen molar-refractivity contribution in [3.63, 3.8) is 0 Å². The number of fused-ring (bicyclic) bond motifs is 1. The van der Waals surface area contributed by atoms with Crippen LogP contribution in [0.25, 0.3) is 49.3 Å². The molecule has 0 aliphatic heterocycles. The summed E-state index contributed by atoms with van der Waals surface area (Å²) >= 11 is 0. The first-order valence-corrected chi connectivity index (χ1v) is 16.0. The highest BCUT2D eigenvalue weighted by Gasteiger charge is 2.33. The highest BCUT2D eigenvalue weighted by atomic mass is 32.2. The van der Waals surface area contributed by atoms with E-state index in [9.17, 15) is 40.4 Å². The van der Waals surface area contributed by atoms with Crippen molar-refractivity contribution in [1.82, 2.24) is 3.97 Å². The van der Waals surface area contributed by atoms with E-state index in [0.29, 0.717) is 10.9 Å². The maximum absolute atomic E-state index is 15.4. The fourth-order valence-electron chi connectivity index (χ4n) is 5.90. The Hall–Kier alpha value is -6.25.